The van der Waals surface area contributed by atoms with Crippen LogP contribution < -0.4 is 16.4 Å². The highest BCUT2D eigenvalue weighted by Crippen LogP contribution is 2.16. The van der Waals surface area contributed by atoms with E-state index in [1.807, 2.05) is 0 Å². The Kier molecular flexibility index (Phi) is 6.29. The Morgan fingerprint density at radius 2 is 2.00 bits per heavy atom. The minimum Gasteiger partial charge on any atom is -0.351 e. The van der Waals surface area contributed by atoms with Gasteiger partial charge in [-0.1, -0.05) is 12.1 Å². The van der Waals surface area contributed by atoms with Crippen molar-refractivity contribution < 1.29 is 18.0 Å². The Morgan fingerprint density at radius 1 is 1.25 bits per heavy atom. The number of anilines is 1. The van der Waals surface area contributed by atoms with E-state index in [1.165, 1.54) is 4.31 Å². The fourth-order valence-corrected chi connectivity index (χ4v) is 3.98. The van der Waals surface area contributed by atoms with Gasteiger partial charge >= 0.3 is 0 Å². The van der Waals surface area contributed by atoms with Crippen molar-refractivity contribution in [3.63, 3.8) is 0 Å². The molecule has 1 aliphatic rings. The van der Waals surface area contributed by atoms with Gasteiger partial charge in [0.2, 0.25) is 15.9 Å². The van der Waals surface area contributed by atoms with Gasteiger partial charge in [-0.05, 0) is 18.6 Å². The summed E-state index contributed by atoms with van der Waals surface area (Å²) in [7, 11) is -3.21. The first-order valence-corrected chi connectivity index (χ1v) is 9.40. The fourth-order valence-electron chi connectivity index (χ4n) is 2.45. The van der Waals surface area contributed by atoms with Crippen LogP contribution in [0.25, 0.3) is 0 Å². The van der Waals surface area contributed by atoms with Gasteiger partial charge in [0.05, 0.1) is 17.0 Å². The quantitative estimate of drug-likeness (QED) is 0.623. The van der Waals surface area contributed by atoms with Crippen LogP contribution in [0.3, 0.4) is 0 Å². The molecule has 24 heavy (non-hydrogen) atoms. The first-order chi connectivity index (χ1) is 11.4. The van der Waals surface area contributed by atoms with Gasteiger partial charge in [0.25, 0.3) is 5.91 Å². The molecule has 1 aromatic rings. The lowest BCUT2D eigenvalue weighted by Gasteiger charge is -2.15. The highest BCUT2D eigenvalue weighted by molar-refractivity contribution is 7.89. The zero-order valence-electron chi connectivity index (χ0n) is 13.3. The predicted octanol–water partition coefficient (Wildman–Crippen LogP) is -0.261. The molecule has 4 N–H and O–H groups in total. The number of rotatable bonds is 7. The molecule has 9 heteroatoms. The van der Waals surface area contributed by atoms with Crippen molar-refractivity contribution in [1.29, 1.82) is 0 Å². The maximum absolute atomic E-state index is 12.1. The summed E-state index contributed by atoms with van der Waals surface area (Å²) in [4.78, 5) is 24.1. The van der Waals surface area contributed by atoms with Gasteiger partial charge in [-0.2, -0.15) is 0 Å². The minimum absolute atomic E-state index is 0.0397. The standard InChI is InChI=1S/C15H22N4O4S/c16-7-8-17-15(21)12-4-1-2-5-13(12)18-14(20)6-10-19-9-3-11-24(19,22)23/h1-2,4-5H,3,6-11,16H2,(H,17,21)(H,18,20). The highest BCUT2D eigenvalue weighted by atomic mass is 32.2. The molecule has 0 aromatic heterocycles. The van der Waals surface area contributed by atoms with E-state index in [0.717, 1.165) is 0 Å². The van der Waals surface area contributed by atoms with Crippen molar-refractivity contribution in [3.8, 4) is 0 Å². The van der Waals surface area contributed by atoms with Crippen LogP contribution in [0.15, 0.2) is 24.3 Å². The second-order valence-corrected chi connectivity index (χ2v) is 7.55. The number of benzene rings is 1. The molecule has 2 amide bonds. The first-order valence-electron chi connectivity index (χ1n) is 7.79. The second kappa shape index (κ2) is 8.22. The van der Waals surface area contributed by atoms with Crippen LogP contribution in [-0.4, -0.2) is 56.5 Å². The number of hydrogen-bond acceptors (Lipinski definition) is 5. The molecule has 1 aliphatic heterocycles. The van der Waals surface area contributed by atoms with Crippen molar-refractivity contribution in [2.24, 2.45) is 5.73 Å². The maximum atomic E-state index is 12.1. The van der Waals surface area contributed by atoms with Crippen LogP contribution in [0.5, 0.6) is 0 Å². The molecule has 1 heterocycles. The third kappa shape index (κ3) is 4.76. The van der Waals surface area contributed by atoms with Crippen molar-refractivity contribution >= 4 is 27.5 Å². The van der Waals surface area contributed by atoms with Crippen LogP contribution in [0.2, 0.25) is 0 Å². The summed E-state index contributed by atoms with van der Waals surface area (Å²) in [5.41, 5.74) is 6.09. The zero-order valence-corrected chi connectivity index (χ0v) is 14.1. The Morgan fingerprint density at radius 3 is 2.67 bits per heavy atom. The lowest BCUT2D eigenvalue weighted by atomic mass is 10.1. The number of nitrogens with one attached hydrogen (secondary N) is 2. The summed E-state index contributed by atoms with van der Waals surface area (Å²) < 4.78 is 24.7. The van der Waals surface area contributed by atoms with E-state index in [1.54, 1.807) is 24.3 Å². The van der Waals surface area contributed by atoms with Gasteiger partial charge in [-0.25, -0.2) is 12.7 Å². The van der Waals surface area contributed by atoms with Crippen LogP contribution in [-0.2, 0) is 14.8 Å². The van der Waals surface area contributed by atoms with E-state index in [-0.39, 0.29) is 30.5 Å². The number of para-hydroxylation sites is 1. The van der Waals surface area contributed by atoms with Crippen LogP contribution >= 0.6 is 0 Å². The number of hydrogen-bond donors (Lipinski definition) is 3. The average Bonchev–Trinajstić information content (AvgIpc) is 2.89. The molecule has 2 rings (SSSR count). The molecule has 0 spiro atoms. The second-order valence-electron chi connectivity index (χ2n) is 5.46. The van der Waals surface area contributed by atoms with Crippen molar-refractivity contribution in [3.05, 3.63) is 29.8 Å². The number of carbonyl (C=O) groups is 2. The third-order valence-corrected chi connectivity index (χ3v) is 5.62. The van der Waals surface area contributed by atoms with Gasteiger partial charge in [0.15, 0.2) is 0 Å². The summed E-state index contributed by atoms with van der Waals surface area (Å²) in [5, 5.41) is 5.31. The largest absolute Gasteiger partial charge is 0.351 e. The lowest BCUT2D eigenvalue weighted by molar-refractivity contribution is -0.116. The molecular formula is C15H22N4O4S. The first kappa shape index (κ1) is 18.4. The van der Waals surface area contributed by atoms with Crippen LogP contribution in [0.1, 0.15) is 23.2 Å². The Bertz CT molecular complexity index is 705. The summed E-state index contributed by atoms with van der Waals surface area (Å²) in [6, 6.07) is 6.64. The molecular weight excluding hydrogens is 332 g/mol. The molecule has 0 saturated carbocycles. The molecule has 0 unspecified atom stereocenters. The average molecular weight is 354 g/mol. The van der Waals surface area contributed by atoms with E-state index in [4.69, 9.17) is 5.73 Å². The Balaban J connectivity index is 1.95. The highest BCUT2D eigenvalue weighted by Gasteiger charge is 2.28. The van der Waals surface area contributed by atoms with Gasteiger partial charge < -0.3 is 16.4 Å². The van der Waals surface area contributed by atoms with Crippen molar-refractivity contribution in [1.82, 2.24) is 9.62 Å². The SMILES string of the molecule is NCCNC(=O)c1ccccc1NC(=O)CCN1CCCS1(=O)=O. The van der Waals surface area contributed by atoms with E-state index in [0.29, 0.717) is 37.3 Å². The van der Waals surface area contributed by atoms with Gasteiger partial charge in [0, 0.05) is 32.6 Å². The molecule has 0 aliphatic carbocycles. The molecule has 0 bridgehead atoms. The lowest BCUT2D eigenvalue weighted by Crippen LogP contribution is -2.31. The molecule has 1 aromatic carbocycles. The Labute approximate surface area is 141 Å². The van der Waals surface area contributed by atoms with Gasteiger partial charge in [-0.15, -0.1) is 0 Å². The smallest absolute Gasteiger partial charge is 0.253 e. The summed E-state index contributed by atoms with van der Waals surface area (Å²) in [6.07, 6.45) is 0.631. The van der Waals surface area contributed by atoms with Gasteiger partial charge in [-0.3, -0.25) is 9.59 Å². The number of nitrogens with zero attached hydrogens (tertiary/aromatic N) is 1. The summed E-state index contributed by atoms with van der Waals surface area (Å²) in [6.45, 7) is 1.27. The third-order valence-electron chi connectivity index (χ3n) is 3.67. The van der Waals surface area contributed by atoms with E-state index in [9.17, 15) is 18.0 Å². The molecule has 1 fully saturated rings. The minimum atomic E-state index is -3.21. The van der Waals surface area contributed by atoms with Crippen LogP contribution in [0.4, 0.5) is 5.69 Å². The summed E-state index contributed by atoms with van der Waals surface area (Å²) in [5.74, 6) is -0.520. The number of sulfonamides is 1. The molecule has 132 valence electrons. The molecule has 0 atom stereocenters. The molecule has 0 radical (unpaired) electrons. The molecule has 8 nitrogen and oxygen atoms in total. The van der Waals surface area contributed by atoms with Crippen molar-refractivity contribution in [2.75, 3.05) is 37.2 Å². The van der Waals surface area contributed by atoms with E-state index >= 15 is 0 Å². The monoisotopic (exact) mass is 354 g/mol. The summed E-state index contributed by atoms with van der Waals surface area (Å²) >= 11 is 0. The fraction of sp³-hybridized carbons (Fsp3) is 0.467. The van der Waals surface area contributed by atoms with E-state index in [2.05, 4.69) is 10.6 Å². The topological polar surface area (TPSA) is 122 Å². The van der Waals surface area contributed by atoms with E-state index < -0.39 is 10.0 Å². The number of carbonyl (C=O) groups excluding carboxylic acids is 2. The number of nitrogens with two attached hydrogens (primary N) is 1. The number of amides is 2. The predicted molar refractivity (Wildman–Crippen MR) is 91.1 cm³/mol. The van der Waals surface area contributed by atoms with Crippen molar-refractivity contribution in [2.45, 2.75) is 12.8 Å². The Hall–Kier alpha value is -1.97. The molecule has 1 saturated heterocycles. The maximum Gasteiger partial charge on any atom is 0.253 e. The normalized spacial score (nSPS) is 16.7. The zero-order chi connectivity index (χ0) is 17.6. The van der Waals surface area contributed by atoms with Crippen LogP contribution in [0, 0.1) is 0 Å². The van der Waals surface area contributed by atoms with Gasteiger partial charge in [0.1, 0.15) is 0 Å².